The number of nitrogens with zero attached hydrogens (tertiary/aromatic N) is 4. The highest BCUT2D eigenvalue weighted by atomic mass is 35.5. The largest absolute Gasteiger partial charge is 0.337 e. The lowest BCUT2D eigenvalue weighted by molar-refractivity contribution is -1.02. The van der Waals surface area contributed by atoms with E-state index >= 15 is 0 Å². The fourth-order valence-electron chi connectivity index (χ4n) is 3.94. The molecule has 4 rings (SSSR count). The number of carbonyl (C=O) groups is 1. The van der Waals surface area contributed by atoms with Gasteiger partial charge < -0.3 is 19.6 Å². The van der Waals surface area contributed by atoms with E-state index in [0.29, 0.717) is 6.54 Å². The second-order valence-corrected chi connectivity index (χ2v) is 9.28. The summed E-state index contributed by atoms with van der Waals surface area (Å²) in [6.45, 7) is 9.08. The van der Waals surface area contributed by atoms with Crippen LogP contribution in [0.15, 0.2) is 30.6 Å². The van der Waals surface area contributed by atoms with Crippen LogP contribution in [0.2, 0.25) is 4.34 Å². The van der Waals surface area contributed by atoms with Gasteiger partial charge in [0.05, 0.1) is 9.21 Å². The smallest absolute Gasteiger partial charge is 0.277 e. The quantitative estimate of drug-likeness (QED) is 0.637. The number of halogens is 1. The summed E-state index contributed by atoms with van der Waals surface area (Å²) in [5, 5.41) is 0. The molecule has 2 N–H and O–H groups in total. The van der Waals surface area contributed by atoms with E-state index in [1.165, 1.54) is 9.78 Å². The summed E-state index contributed by atoms with van der Waals surface area (Å²) in [5.74, 6) is 1.03. The second kappa shape index (κ2) is 9.17. The number of quaternary nitrogens is 2. The molecule has 0 atom stereocenters. The zero-order chi connectivity index (χ0) is 19.3. The van der Waals surface area contributed by atoms with E-state index < -0.39 is 0 Å². The molecular weight excluding hydrogens is 396 g/mol. The molecule has 7 nitrogen and oxygen atoms in total. The summed E-state index contributed by atoms with van der Waals surface area (Å²) >= 11 is 7.70. The molecule has 2 saturated heterocycles. The minimum absolute atomic E-state index is 0.275. The van der Waals surface area contributed by atoms with Crippen LogP contribution in [-0.2, 0) is 11.3 Å². The highest BCUT2D eigenvalue weighted by Crippen LogP contribution is 2.20. The molecule has 2 fully saturated rings. The number of hydrogen-bond donors (Lipinski definition) is 2. The van der Waals surface area contributed by atoms with E-state index in [4.69, 9.17) is 11.6 Å². The Morgan fingerprint density at radius 1 is 1.04 bits per heavy atom. The zero-order valence-corrected chi connectivity index (χ0v) is 17.5. The summed E-state index contributed by atoms with van der Waals surface area (Å²) in [5.41, 5.74) is 0. The van der Waals surface area contributed by atoms with Gasteiger partial charge in [0.15, 0.2) is 6.54 Å². The molecule has 2 aliphatic heterocycles. The lowest BCUT2D eigenvalue weighted by atomic mass is 10.2. The Labute approximate surface area is 174 Å². The van der Waals surface area contributed by atoms with Gasteiger partial charge >= 0.3 is 0 Å². The van der Waals surface area contributed by atoms with Crippen molar-refractivity contribution in [2.75, 3.05) is 63.8 Å². The standard InChI is InChI=1S/C19H25ClN6OS/c20-17-3-2-16(28-17)14-23-6-8-24(9-7-23)15-18(27)25-10-12-26(13-11-25)19-21-4-1-5-22-19/h1-5H,6-15H2/p+2. The number of rotatable bonds is 5. The summed E-state index contributed by atoms with van der Waals surface area (Å²) < 4.78 is 0.864. The van der Waals surface area contributed by atoms with E-state index in [9.17, 15) is 4.79 Å². The van der Waals surface area contributed by atoms with Gasteiger partial charge in [0, 0.05) is 38.6 Å². The van der Waals surface area contributed by atoms with Crippen molar-refractivity contribution in [2.45, 2.75) is 6.54 Å². The van der Waals surface area contributed by atoms with Gasteiger partial charge in [-0.25, -0.2) is 9.97 Å². The van der Waals surface area contributed by atoms with Crippen LogP contribution in [0.4, 0.5) is 5.95 Å². The molecule has 0 radical (unpaired) electrons. The Kier molecular flexibility index (Phi) is 6.41. The van der Waals surface area contributed by atoms with Crippen molar-refractivity contribution in [3.05, 3.63) is 39.8 Å². The molecule has 4 heterocycles. The summed E-state index contributed by atoms with van der Waals surface area (Å²) in [7, 11) is 0. The van der Waals surface area contributed by atoms with Crippen LogP contribution in [0, 0.1) is 0 Å². The van der Waals surface area contributed by atoms with Gasteiger partial charge in [-0.05, 0) is 18.2 Å². The summed E-state index contributed by atoms with van der Waals surface area (Å²) in [6, 6.07) is 5.93. The zero-order valence-electron chi connectivity index (χ0n) is 15.9. The maximum absolute atomic E-state index is 12.7. The third kappa shape index (κ3) is 5.00. The average molecular weight is 423 g/mol. The van der Waals surface area contributed by atoms with Gasteiger partial charge in [-0.3, -0.25) is 4.79 Å². The maximum Gasteiger partial charge on any atom is 0.277 e. The molecule has 0 aromatic carbocycles. The van der Waals surface area contributed by atoms with Gasteiger partial charge in [0.25, 0.3) is 5.91 Å². The van der Waals surface area contributed by atoms with Crippen molar-refractivity contribution in [2.24, 2.45) is 0 Å². The highest BCUT2D eigenvalue weighted by Gasteiger charge is 2.29. The molecule has 0 spiro atoms. The first-order valence-electron chi connectivity index (χ1n) is 9.88. The van der Waals surface area contributed by atoms with Gasteiger partial charge in [-0.15, -0.1) is 11.3 Å². The Morgan fingerprint density at radius 3 is 2.36 bits per heavy atom. The van der Waals surface area contributed by atoms with Crippen LogP contribution in [0.5, 0.6) is 0 Å². The Bertz CT molecular complexity index is 772. The first-order valence-corrected chi connectivity index (χ1v) is 11.1. The minimum atomic E-state index is 0.275. The highest BCUT2D eigenvalue weighted by molar-refractivity contribution is 7.16. The van der Waals surface area contributed by atoms with Crippen LogP contribution in [-0.4, -0.2) is 79.7 Å². The van der Waals surface area contributed by atoms with E-state index in [-0.39, 0.29) is 5.91 Å². The summed E-state index contributed by atoms with van der Waals surface area (Å²) in [4.78, 5) is 29.8. The topological polar surface area (TPSA) is 58.2 Å². The number of thiophene rings is 1. The molecule has 28 heavy (non-hydrogen) atoms. The maximum atomic E-state index is 12.7. The number of hydrogen-bond acceptors (Lipinski definition) is 5. The minimum Gasteiger partial charge on any atom is -0.337 e. The van der Waals surface area contributed by atoms with Crippen molar-refractivity contribution >= 4 is 34.8 Å². The number of amides is 1. The van der Waals surface area contributed by atoms with E-state index in [2.05, 4.69) is 20.9 Å². The molecule has 2 aromatic heterocycles. The molecule has 150 valence electrons. The second-order valence-electron chi connectivity index (χ2n) is 7.48. The molecule has 2 aromatic rings. The molecule has 0 saturated carbocycles. The molecule has 1 amide bonds. The SMILES string of the molecule is O=C(C[NH+]1CC[NH+](Cc2ccc(Cl)s2)CC1)N1CCN(c2ncccn2)CC1. The van der Waals surface area contributed by atoms with Crippen molar-refractivity contribution < 1.29 is 14.6 Å². The molecular formula is C19H27ClN6OS+2. The number of aromatic nitrogens is 2. The third-order valence-electron chi connectivity index (χ3n) is 5.59. The Hall–Kier alpha value is -1.74. The van der Waals surface area contributed by atoms with Gasteiger partial charge in [0.1, 0.15) is 32.7 Å². The fraction of sp³-hybridized carbons (Fsp3) is 0.526. The summed E-state index contributed by atoms with van der Waals surface area (Å²) in [6.07, 6.45) is 3.52. The van der Waals surface area contributed by atoms with Crippen molar-refractivity contribution in [3.63, 3.8) is 0 Å². The van der Waals surface area contributed by atoms with E-state index in [1.54, 1.807) is 28.6 Å². The third-order valence-corrected chi connectivity index (χ3v) is 6.82. The number of nitrogens with one attached hydrogen (secondary N) is 2. The average Bonchev–Trinajstić information content (AvgIpc) is 3.15. The molecule has 0 unspecified atom stereocenters. The Balaban J connectivity index is 1.19. The molecule has 9 heteroatoms. The lowest BCUT2D eigenvalue weighted by Gasteiger charge is -2.35. The van der Waals surface area contributed by atoms with Gasteiger partial charge in [-0.2, -0.15) is 0 Å². The number of carbonyl (C=O) groups excluding carboxylic acids is 1. The monoisotopic (exact) mass is 422 g/mol. The van der Waals surface area contributed by atoms with Gasteiger partial charge in [-0.1, -0.05) is 11.6 Å². The van der Waals surface area contributed by atoms with Crippen molar-refractivity contribution in [1.82, 2.24) is 14.9 Å². The fourth-order valence-corrected chi connectivity index (χ4v) is 5.10. The van der Waals surface area contributed by atoms with Crippen LogP contribution in [0.25, 0.3) is 0 Å². The van der Waals surface area contributed by atoms with Crippen molar-refractivity contribution in [3.8, 4) is 0 Å². The van der Waals surface area contributed by atoms with E-state index in [0.717, 1.165) is 69.2 Å². The Morgan fingerprint density at radius 2 is 1.71 bits per heavy atom. The predicted octanol–water partition coefficient (Wildman–Crippen LogP) is -1.18. The van der Waals surface area contributed by atoms with Gasteiger partial charge in [0.2, 0.25) is 5.95 Å². The first-order chi connectivity index (χ1) is 13.7. The van der Waals surface area contributed by atoms with Crippen molar-refractivity contribution in [1.29, 1.82) is 0 Å². The van der Waals surface area contributed by atoms with E-state index in [1.807, 2.05) is 17.0 Å². The molecule has 0 bridgehead atoms. The lowest BCUT2D eigenvalue weighted by Crippen LogP contribution is -3.28. The number of piperazine rings is 2. The van der Waals surface area contributed by atoms with Crippen LogP contribution in [0.1, 0.15) is 4.88 Å². The van der Waals surface area contributed by atoms with Crippen LogP contribution < -0.4 is 14.7 Å². The molecule has 0 aliphatic carbocycles. The molecule has 2 aliphatic rings. The van der Waals surface area contributed by atoms with Crippen LogP contribution in [0.3, 0.4) is 0 Å². The normalized spacial score (nSPS) is 23.0. The predicted molar refractivity (Wildman–Crippen MR) is 110 cm³/mol. The van der Waals surface area contributed by atoms with Crippen LogP contribution >= 0.6 is 22.9 Å². The first kappa shape index (κ1) is 19.6. The number of anilines is 1.